The molecule has 1 atom stereocenters. The molecule has 3 aromatic rings. The van der Waals surface area contributed by atoms with Crippen molar-refractivity contribution in [3.8, 4) is 22.6 Å². The highest BCUT2D eigenvalue weighted by molar-refractivity contribution is 6.32. The van der Waals surface area contributed by atoms with Gasteiger partial charge in [0.15, 0.2) is 12.7 Å². The third-order valence-corrected chi connectivity index (χ3v) is 4.48. The number of rotatable bonds is 7. The number of hydrogen-bond donors (Lipinski definition) is 2. The minimum atomic E-state index is -0.857. The van der Waals surface area contributed by atoms with Gasteiger partial charge in [0.05, 0.1) is 5.02 Å². The Labute approximate surface area is 179 Å². The van der Waals surface area contributed by atoms with Crippen LogP contribution in [0.1, 0.15) is 6.92 Å². The summed E-state index contributed by atoms with van der Waals surface area (Å²) in [7, 11) is 0. The van der Waals surface area contributed by atoms with Crippen LogP contribution in [0.25, 0.3) is 11.1 Å². The fourth-order valence-corrected chi connectivity index (χ4v) is 2.83. The molecule has 0 radical (unpaired) electrons. The molecule has 3 aromatic carbocycles. The molecule has 0 spiro atoms. The molecule has 1 unspecified atom stereocenters. The van der Waals surface area contributed by atoms with Gasteiger partial charge in [-0.15, -0.1) is 0 Å². The first-order chi connectivity index (χ1) is 14.5. The maximum absolute atomic E-state index is 12.1. The summed E-state index contributed by atoms with van der Waals surface area (Å²) >= 11 is 6.01. The second-order valence-corrected chi connectivity index (χ2v) is 6.79. The van der Waals surface area contributed by atoms with E-state index in [1.165, 1.54) is 0 Å². The van der Waals surface area contributed by atoms with E-state index in [9.17, 15) is 9.59 Å². The molecule has 0 bridgehead atoms. The summed E-state index contributed by atoms with van der Waals surface area (Å²) in [6.45, 7) is 1.29. The van der Waals surface area contributed by atoms with E-state index in [1.54, 1.807) is 37.3 Å². The number of para-hydroxylation sites is 2. The van der Waals surface area contributed by atoms with Gasteiger partial charge in [-0.05, 0) is 30.7 Å². The number of ether oxygens (including phenoxy) is 2. The van der Waals surface area contributed by atoms with Gasteiger partial charge in [-0.25, -0.2) is 0 Å². The van der Waals surface area contributed by atoms with Crippen LogP contribution in [0.4, 0.5) is 0 Å². The second-order valence-electron chi connectivity index (χ2n) is 6.38. The number of carbonyl (C=O) groups is 2. The van der Waals surface area contributed by atoms with Gasteiger partial charge in [-0.2, -0.15) is 0 Å². The molecule has 0 aliphatic heterocycles. The van der Waals surface area contributed by atoms with E-state index in [0.717, 1.165) is 11.1 Å². The lowest BCUT2D eigenvalue weighted by Crippen LogP contribution is -2.48. The lowest BCUT2D eigenvalue weighted by molar-refractivity contribution is -0.133. The van der Waals surface area contributed by atoms with E-state index in [2.05, 4.69) is 10.9 Å². The van der Waals surface area contributed by atoms with Crippen molar-refractivity contribution in [2.75, 3.05) is 6.61 Å². The summed E-state index contributed by atoms with van der Waals surface area (Å²) < 4.78 is 11.2. The number of halogens is 1. The molecule has 6 nitrogen and oxygen atoms in total. The van der Waals surface area contributed by atoms with Crippen LogP contribution < -0.4 is 20.3 Å². The predicted octanol–water partition coefficient (Wildman–Crippen LogP) is 4.00. The van der Waals surface area contributed by atoms with Crippen LogP contribution in [0.3, 0.4) is 0 Å². The number of nitrogens with one attached hydrogen (secondary N) is 2. The van der Waals surface area contributed by atoms with Gasteiger partial charge < -0.3 is 9.47 Å². The zero-order valence-corrected chi connectivity index (χ0v) is 17.1. The molecule has 7 heteroatoms. The first-order valence-corrected chi connectivity index (χ1v) is 9.69. The number of hydrogen-bond acceptors (Lipinski definition) is 4. The second kappa shape index (κ2) is 10.3. The highest BCUT2D eigenvalue weighted by atomic mass is 35.5. The molecule has 0 saturated heterocycles. The number of amides is 2. The Bertz CT molecular complexity index is 1010. The molecule has 2 amide bonds. The summed E-state index contributed by atoms with van der Waals surface area (Å²) in [6.07, 6.45) is -0.857. The fraction of sp³-hybridized carbons (Fsp3) is 0.130. The van der Waals surface area contributed by atoms with Gasteiger partial charge in [-0.1, -0.05) is 72.3 Å². The fourth-order valence-electron chi connectivity index (χ4n) is 2.65. The van der Waals surface area contributed by atoms with Crippen LogP contribution in [0.2, 0.25) is 5.02 Å². The quantitative estimate of drug-likeness (QED) is 0.562. The Morgan fingerprint density at radius 2 is 1.50 bits per heavy atom. The summed E-state index contributed by atoms with van der Waals surface area (Å²) in [5.74, 6) is -0.0706. The van der Waals surface area contributed by atoms with Crippen molar-refractivity contribution in [2.24, 2.45) is 0 Å². The molecular formula is C23H21ClN2O4. The van der Waals surface area contributed by atoms with Crippen LogP contribution >= 0.6 is 11.6 Å². The molecule has 0 heterocycles. The van der Waals surface area contributed by atoms with E-state index in [1.807, 2.05) is 48.5 Å². The lowest BCUT2D eigenvalue weighted by atomic mass is 10.1. The van der Waals surface area contributed by atoms with Gasteiger partial charge in [0.1, 0.15) is 11.5 Å². The van der Waals surface area contributed by atoms with Crippen LogP contribution in [0.5, 0.6) is 11.5 Å². The average Bonchev–Trinajstić information content (AvgIpc) is 2.78. The molecule has 0 aliphatic rings. The average molecular weight is 425 g/mol. The third-order valence-electron chi connectivity index (χ3n) is 4.17. The highest BCUT2D eigenvalue weighted by Crippen LogP contribution is 2.29. The van der Waals surface area contributed by atoms with Crippen molar-refractivity contribution in [1.29, 1.82) is 0 Å². The van der Waals surface area contributed by atoms with Gasteiger partial charge in [0.25, 0.3) is 11.8 Å². The first-order valence-electron chi connectivity index (χ1n) is 9.31. The van der Waals surface area contributed by atoms with E-state index >= 15 is 0 Å². The summed E-state index contributed by atoms with van der Waals surface area (Å²) in [5.41, 5.74) is 6.49. The molecule has 0 aliphatic carbocycles. The van der Waals surface area contributed by atoms with Crippen LogP contribution in [0, 0.1) is 0 Å². The van der Waals surface area contributed by atoms with E-state index < -0.39 is 17.9 Å². The topological polar surface area (TPSA) is 76.7 Å². The van der Waals surface area contributed by atoms with Crippen molar-refractivity contribution in [1.82, 2.24) is 10.9 Å². The van der Waals surface area contributed by atoms with Crippen LogP contribution in [-0.2, 0) is 9.59 Å². The van der Waals surface area contributed by atoms with Crippen molar-refractivity contribution in [2.45, 2.75) is 13.0 Å². The summed E-state index contributed by atoms with van der Waals surface area (Å²) in [6, 6.07) is 24.0. The summed E-state index contributed by atoms with van der Waals surface area (Å²) in [5, 5.41) is 0.395. The van der Waals surface area contributed by atoms with Crippen molar-refractivity contribution in [3.63, 3.8) is 0 Å². The Hall–Kier alpha value is -3.51. The van der Waals surface area contributed by atoms with Gasteiger partial charge >= 0.3 is 0 Å². The zero-order chi connectivity index (χ0) is 21.3. The Morgan fingerprint density at radius 1 is 0.867 bits per heavy atom. The largest absolute Gasteiger partial charge is 0.483 e. The molecule has 30 heavy (non-hydrogen) atoms. The molecule has 154 valence electrons. The molecule has 0 fully saturated rings. The smallest absolute Gasteiger partial charge is 0.279 e. The summed E-state index contributed by atoms with van der Waals surface area (Å²) in [4.78, 5) is 24.2. The molecule has 0 saturated carbocycles. The molecular weight excluding hydrogens is 404 g/mol. The minimum Gasteiger partial charge on any atom is -0.483 e. The normalized spacial score (nSPS) is 11.3. The van der Waals surface area contributed by atoms with E-state index in [-0.39, 0.29) is 6.61 Å². The van der Waals surface area contributed by atoms with Gasteiger partial charge in [-0.3, -0.25) is 20.4 Å². The van der Waals surface area contributed by atoms with Crippen molar-refractivity contribution >= 4 is 23.4 Å². The number of carbonyl (C=O) groups excluding carboxylic acids is 2. The van der Waals surface area contributed by atoms with Gasteiger partial charge in [0.2, 0.25) is 0 Å². The highest BCUT2D eigenvalue weighted by Gasteiger charge is 2.17. The zero-order valence-electron chi connectivity index (χ0n) is 16.3. The van der Waals surface area contributed by atoms with Crippen LogP contribution in [0.15, 0.2) is 78.9 Å². The third kappa shape index (κ3) is 5.75. The first kappa shape index (κ1) is 21.2. The van der Waals surface area contributed by atoms with Crippen LogP contribution in [-0.4, -0.2) is 24.5 Å². The Balaban J connectivity index is 1.50. The Morgan fingerprint density at radius 3 is 2.23 bits per heavy atom. The molecule has 2 N–H and O–H groups in total. The van der Waals surface area contributed by atoms with E-state index in [0.29, 0.717) is 16.5 Å². The SMILES string of the molecule is CC(Oc1ccccc1Cl)C(=O)NNC(=O)COc1ccccc1-c1ccccc1. The van der Waals surface area contributed by atoms with E-state index in [4.69, 9.17) is 21.1 Å². The molecule has 3 rings (SSSR count). The Kier molecular flexibility index (Phi) is 7.29. The predicted molar refractivity (Wildman–Crippen MR) is 115 cm³/mol. The van der Waals surface area contributed by atoms with Gasteiger partial charge in [0, 0.05) is 5.56 Å². The number of hydrazine groups is 1. The standard InChI is InChI=1S/C23H21ClN2O4/c1-16(30-21-14-8-6-12-19(21)24)23(28)26-25-22(27)15-29-20-13-7-5-11-18(20)17-9-3-2-4-10-17/h2-14,16H,15H2,1H3,(H,25,27)(H,26,28). The van der Waals surface area contributed by atoms with Crippen molar-refractivity contribution in [3.05, 3.63) is 83.9 Å². The number of benzene rings is 3. The molecule has 0 aromatic heterocycles. The lowest BCUT2D eigenvalue weighted by Gasteiger charge is -2.16. The maximum atomic E-state index is 12.1. The monoisotopic (exact) mass is 424 g/mol. The maximum Gasteiger partial charge on any atom is 0.279 e. The minimum absolute atomic E-state index is 0.260. The van der Waals surface area contributed by atoms with Crippen molar-refractivity contribution < 1.29 is 19.1 Å².